The van der Waals surface area contributed by atoms with Gasteiger partial charge in [-0.2, -0.15) is 0 Å². The molecule has 28 heavy (non-hydrogen) atoms. The smallest absolute Gasteiger partial charge is 0.139 e. The molecule has 0 aromatic carbocycles. The Hall–Kier alpha value is -0.410. The normalized spacial score (nSPS) is 51.9. The van der Waals surface area contributed by atoms with Crippen molar-refractivity contribution in [2.24, 2.45) is 58.0 Å². The number of hydrogen-bond acceptors (Lipinski definition) is 3. The summed E-state index contributed by atoms with van der Waals surface area (Å²) in [5.74, 6) is 3.93. The minimum atomic E-state index is -0.196. The number of aliphatic hydroxyl groups excluding tert-OH is 1. The standard InChI is InChI=1S/C25H43NO2/c1-5-17-21-14-16(27)8-11-25(21,4)20-9-12-24(3)18(15(2)10-13-26)6-7-19(24)22(20)23(17)28/h15-22,27H,5-14,26H2,1-4H3. The molecule has 0 heterocycles. The zero-order valence-electron chi connectivity index (χ0n) is 18.6. The number of ketones is 1. The molecule has 0 aliphatic heterocycles. The molecular formula is C25H43NO2. The predicted octanol–water partition coefficient (Wildman–Crippen LogP) is 4.81. The molecule has 3 heteroatoms. The van der Waals surface area contributed by atoms with Crippen LogP contribution in [0.15, 0.2) is 0 Å². The Morgan fingerprint density at radius 3 is 2.43 bits per heavy atom. The number of carbonyl (C=O) groups is 1. The monoisotopic (exact) mass is 389 g/mol. The van der Waals surface area contributed by atoms with Gasteiger partial charge in [0.05, 0.1) is 6.10 Å². The van der Waals surface area contributed by atoms with Gasteiger partial charge in [0.2, 0.25) is 0 Å². The van der Waals surface area contributed by atoms with Crippen LogP contribution in [0.5, 0.6) is 0 Å². The molecule has 160 valence electrons. The summed E-state index contributed by atoms with van der Waals surface area (Å²) < 4.78 is 0. The molecule has 0 saturated heterocycles. The molecule has 4 fully saturated rings. The zero-order valence-corrected chi connectivity index (χ0v) is 18.6. The number of hydrogen-bond donors (Lipinski definition) is 2. The van der Waals surface area contributed by atoms with E-state index in [9.17, 15) is 9.90 Å². The Labute approximate surface area is 172 Å². The van der Waals surface area contributed by atoms with Gasteiger partial charge in [0.1, 0.15) is 5.78 Å². The van der Waals surface area contributed by atoms with Gasteiger partial charge in [-0.3, -0.25) is 4.79 Å². The van der Waals surface area contributed by atoms with Crippen molar-refractivity contribution in [2.75, 3.05) is 6.54 Å². The highest BCUT2D eigenvalue weighted by molar-refractivity contribution is 5.86. The van der Waals surface area contributed by atoms with Crippen LogP contribution < -0.4 is 5.73 Å². The minimum Gasteiger partial charge on any atom is -0.393 e. The minimum absolute atomic E-state index is 0.170. The summed E-state index contributed by atoms with van der Waals surface area (Å²) >= 11 is 0. The first-order valence-electron chi connectivity index (χ1n) is 12.2. The van der Waals surface area contributed by atoms with Gasteiger partial charge < -0.3 is 10.8 Å². The molecule has 3 nitrogen and oxygen atoms in total. The highest BCUT2D eigenvalue weighted by atomic mass is 16.3. The van der Waals surface area contributed by atoms with Gasteiger partial charge in [-0.15, -0.1) is 0 Å². The predicted molar refractivity (Wildman–Crippen MR) is 114 cm³/mol. The van der Waals surface area contributed by atoms with E-state index < -0.39 is 0 Å². The van der Waals surface area contributed by atoms with E-state index in [4.69, 9.17) is 5.73 Å². The van der Waals surface area contributed by atoms with Crippen LogP contribution in [-0.2, 0) is 4.79 Å². The van der Waals surface area contributed by atoms with Gasteiger partial charge in [-0.05, 0) is 105 Å². The topological polar surface area (TPSA) is 63.3 Å². The summed E-state index contributed by atoms with van der Waals surface area (Å²) in [6, 6.07) is 0. The van der Waals surface area contributed by atoms with Crippen molar-refractivity contribution >= 4 is 5.78 Å². The summed E-state index contributed by atoms with van der Waals surface area (Å²) in [6.45, 7) is 10.4. The third-order valence-corrected chi connectivity index (χ3v) is 10.5. The quantitative estimate of drug-likeness (QED) is 0.725. The Morgan fingerprint density at radius 2 is 1.75 bits per heavy atom. The van der Waals surface area contributed by atoms with Crippen molar-refractivity contribution in [3.05, 3.63) is 0 Å². The number of carbonyl (C=O) groups excluding carboxylic acids is 1. The fourth-order valence-corrected chi connectivity index (χ4v) is 9.07. The van der Waals surface area contributed by atoms with E-state index in [1.54, 1.807) is 0 Å². The van der Waals surface area contributed by atoms with E-state index in [1.165, 1.54) is 25.7 Å². The maximum Gasteiger partial charge on any atom is 0.139 e. The number of aliphatic hydroxyl groups is 1. The molecule has 0 spiro atoms. The second-order valence-corrected chi connectivity index (χ2v) is 11.5. The maximum absolute atomic E-state index is 13.9. The van der Waals surface area contributed by atoms with Gasteiger partial charge in [-0.1, -0.05) is 27.7 Å². The van der Waals surface area contributed by atoms with Crippen molar-refractivity contribution in [3.8, 4) is 0 Å². The lowest BCUT2D eigenvalue weighted by atomic mass is 9.42. The second-order valence-electron chi connectivity index (χ2n) is 11.5. The lowest BCUT2D eigenvalue weighted by Gasteiger charge is -2.62. The van der Waals surface area contributed by atoms with E-state index in [0.29, 0.717) is 34.9 Å². The molecule has 4 aliphatic carbocycles. The third kappa shape index (κ3) is 2.86. The van der Waals surface area contributed by atoms with E-state index in [1.807, 2.05) is 0 Å². The van der Waals surface area contributed by atoms with Crippen LogP contribution in [0.1, 0.15) is 85.5 Å². The zero-order chi connectivity index (χ0) is 20.3. The fraction of sp³-hybridized carbons (Fsp3) is 0.960. The maximum atomic E-state index is 13.9. The van der Waals surface area contributed by atoms with Crippen molar-refractivity contribution in [3.63, 3.8) is 0 Å². The fourth-order valence-electron chi connectivity index (χ4n) is 9.07. The van der Waals surface area contributed by atoms with E-state index in [-0.39, 0.29) is 23.4 Å². The summed E-state index contributed by atoms with van der Waals surface area (Å²) in [5.41, 5.74) is 6.47. The molecule has 0 radical (unpaired) electrons. The molecular weight excluding hydrogens is 346 g/mol. The number of rotatable bonds is 4. The van der Waals surface area contributed by atoms with E-state index in [0.717, 1.165) is 44.6 Å². The average molecular weight is 390 g/mol. The lowest BCUT2D eigenvalue weighted by Crippen LogP contribution is -2.60. The number of fused-ring (bicyclic) bond motifs is 5. The van der Waals surface area contributed by atoms with Gasteiger partial charge in [-0.25, -0.2) is 0 Å². The summed E-state index contributed by atoms with van der Waals surface area (Å²) in [4.78, 5) is 13.9. The summed E-state index contributed by atoms with van der Waals surface area (Å²) in [7, 11) is 0. The molecule has 0 aromatic heterocycles. The Balaban J connectivity index is 1.68. The molecule has 0 aromatic rings. The summed E-state index contributed by atoms with van der Waals surface area (Å²) in [6.07, 6.45) is 9.79. The van der Waals surface area contributed by atoms with Crippen molar-refractivity contribution < 1.29 is 9.90 Å². The van der Waals surface area contributed by atoms with Gasteiger partial charge in [0.15, 0.2) is 0 Å². The highest BCUT2D eigenvalue weighted by Gasteiger charge is 2.64. The SMILES string of the molecule is CCC1C(=O)C2C3CCC(C(C)CCN)C3(C)CCC2C2(C)CCC(O)CC12. The molecule has 4 rings (SSSR count). The van der Waals surface area contributed by atoms with Gasteiger partial charge in [0.25, 0.3) is 0 Å². The second kappa shape index (κ2) is 7.38. The average Bonchev–Trinajstić information content (AvgIpc) is 3.01. The lowest BCUT2D eigenvalue weighted by molar-refractivity contribution is -0.173. The first-order chi connectivity index (χ1) is 13.3. The number of nitrogens with two attached hydrogens (primary N) is 1. The van der Waals surface area contributed by atoms with Crippen molar-refractivity contribution in [1.29, 1.82) is 0 Å². The van der Waals surface area contributed by atoms with Crippen LogP contribution in [0.4, 0.5) is 0 Å². The first kappa shape index (κ1) is 20.8. The third-order valence-electron chi connectivity index (χ3n) is 10.5. The van der Waals surface area contributed by atoms with E-state index in [2.05, 4.69) is 27.7 Å². The molecule has 10 unspecified atom stereocenters. The molecule has 4 aliphatic rings. The van der Waals surface area contributed by atoms with Crippen LogP contribution in [0.2, 0.25) is 0 Å². The Morgan fingerprint density at radius 1 is 1.07 bits per heavy atom. The first-order valence-corrected chi connectivity index (χ1v) is 12.2. The largest absolute Gasteiger partial charge is 0.393 e. The van der Waals surface area contributed by atoms with Crippen LogP contribution in [0, 0.1) is 52.3 Å². The highest BCUT2D eigenvalue weighted by Crippen LogP contribution is 2.68. The van der Waals surface area contributed by atoms with Gasteiger partial charge >= 0.3 is 0 Å². The van der Waals surface area contributed by atoms with Crippen LogP contribution >= 0.6 is 0 Å². The Bertz CT molecular complexity index is 605. The number of Topliss-reactive ketones (excluding diaryl/α,β-unsaturated/α-hetero) is 1. The molecule has 0 amide bonds. The Kier molecular flexibility index (Phi) is 5.49. The molecule has 3 N–H and O–H groups in total. The van der Waals surface area contributed by atoms with Crippen LogP contribution in [0.3, 0.4) is 0 Å². The van der Waals surface area contributed by atoms with Crippen molar-refractivity contribution in [1.82, 2.24) is 0 Å². The van der Waals surface area contributed by atoms with Gasteiger partial charge in [0, 0.05) is 11.8 Å². The van der Waals surface area contributed by atoms with Crippen LogP contribution in [0.25, 0.3) is 0 Å². The summed E-state index contributed by atoms with van der Waals surface area (Å²) in [5, 5.41) is 10.4. The van der Waals surface area contributed by atoms with Crippen LogP contribution in [-0.4, -0.2) is 23.5 Å². The molecule has 4 saturated carbocycles. The molecule has 0 bridgehead atoms. The molecule has 10 atom stereocenters. The van der Waals surface area contributed by atoms with E-state index >= 15 is 0 Å². The van der Waals surface area contributed by atoms with Crippen molar-refractivity contribution in [2.45, 2.75) is 91.6 Å².